The van der Waals surface area contributed by atoms with E-state index in [4.69, 9.17) is 10.2 Å². The summed E-state index contributed by atoms with van der Waals surface area (Å²) in [6, 6.07) is 0. The maximum Gasteiger partial charge on any atom is 0.321 e. The largest absolute Gasteiger partial charge is 0.480 e. The minimum Gasteiger partial charge on any atom is -0.480 e. The smallest absolute Gasteiger partial charge is 0.321 e. The van der Waals surface area contributed by atoms with Crippen LogP contribution < -0.4 is 0 Å². The lowest BCUT2D eigenvalue weighted by Gasteiger charge is -2.03. The number of unbranched alkanes of at least 4 members (excludes halogenated alkanes) is 13. The van der Waals surface area contributed by atoms with Crippen molar-refractivity contribution in [2.75, 3.05) is 0 Å². The van der Waals surface area contributed by atoms with E-state index in [-0.39, 0.29) is 0 Å². The molecule has 24 heavy (non-hydrogen) atoms. The lowest BCUT2D eigenvalue weighted by Crippen LogP contribution is -2.20. The highest BCUT2D eigenvalue weighted by atomic mass is 16.4. The highest BCUT2D eigenvalue weighted by Crippen LogP contribution is 2.13. The number of hydrogen-bond acceptors (Lipinski definition) is 2. The molecule has 0 heterocycles. The number of carboxylic acids is 2. The van der Waals surface area contributed by atoms with Crippen molar-refractivity contribution in [2.45, 2.75) is 96.8 Å². The fourth-order valence-electron chi connectivity index (χ4n) is 2.78. The molecule has 0 aliphatic rings. The Balaban J connectivity index is 3.33. The third kappa shape index (κ3) is 14.3. The predicted octanol–water partition coefficient (Wildman–Crippen LogP) is 5.81. The summed E-state index contributed by atoms with van der Waals surface area (Å²) in [6.45, 7) is 2.25. The van der Waals surface area contributed by atoms with Crippen LogP contribution in [0.25, 0.3) is 0 Å². The van der Waals surface area contributed by atoms with Gasteiger partial charge in [0.15, 0.2) is 5.92 Å². The SMILES string of the molecule is CCCCCCCCCCCCCCC/C=C\C(C(=O)O)C(=O)O. The van der Waals surface area contributed by atoms with E-state index in [1.54, 1.807) is 6.08 Å². The molecule has 0 unspecified atom stereocenters. The topological polar surface area (TPSA) is 74.6 Å². The van der Waals surface area contributed by atoms with Crippen molar-refractivity contribution >= 4 is 11.9 Å². The van der Waals surface area contributed by atoms with Gasteiger partial charge in [-0.1, -0.05) is 96.1 Å². The Morgan fingerprint density at radius 2 is 1.08 bits per heavy atom. The number of hydrogen-bond donors (Lipinski definition) is 2. The minimum atomic E-state index is -1.41. The number of rotatable bonds is 17. The van der Waals surface area contributed by atoms with Gasteiger partial charge in [-0.05, 0) is 12.8 Å². The maximum atomic E-state index is 10.7. The van der Waals surface area contributed by atoms with Gasteiger partial charge in [-0.2, -0.15) is 0 Å². The lowest BCUT2D eigenvalue weighted by molar-refractivity contribution is -0.151. The Kier molecular flexibility index (Phi) is 15.6. The van der Waals surface area contributed by atoms with Gasteiger partial charge in [0.25, 0.3) is 0 Å². The number of carboxylic acid groups (broad SMARTS) is 2. The molecule has 0 bridgehead atoms. The molecule has 0 aromatic carbocycles. The van der Waals surface area contributed by atoms with Gasteiger partial charge in [0, 0.05) is 0 Å². The van der Waals surface area contributed by atoms with Crippen LogP contribution in [0.15, 0.2) is 12.2 Å². The molecule has 0 aromatic heterocycles. The van der Waals surface area contributed by atoms with E-state index in [1.807, 2.05) is 0 Å². The van der Waals surface area contributed by atoms with Crippen LogP contribution in [0.2, 0.25) is 0 Å². The summed E-state index contributed by atoms with van der Waals surface area (Å²) >= 11 is 0. The zero-order valence-corrected chi connectivity index (χ0v) is 15.3. The second-order valence-corrected chi connectivity index (χ2v) is 6.61. The molecule has 0 aliphatic carbocycles. The molecular formula is C20H36O4. The first kappa shape index (κ1) is 22.7. The Bertz CT molecular complexity index is 336. The van der Waals surface area contributed by atoms with E-state index in [0.717, 1.165) is 19.3 Å². The molecule has 0 radical (unpaired) electrons. The van der Waals surface area contributed by atoms with Crippen LogP contribution in [0, 0.1) is 5.92 Å². The molecule has 0 saturated heterocycles. The summed E-state index contributed by atoms with van der Waals surface area (Å²) < 4.78 is 0. The average Bonchev–Trinajstić information content (AvgIpc) is 2.53. The van der Waals surface area contributed by atoms with Crippen molar-refractivity contribution in [3.05, 3.63) is 12.2 Å². The molecular weight excluding hydrogens is 304 g/mol. The van der Waals surface area contributed by atoms with Gasteiger partial charge in [-0.15, -0.1) is 0 Å². The van der Waals surface area contributed by atoms with E-state index in [0.29, 0.717) is 0 Å². The van der Waals surface area contributed by atoms with Crippen LogP contribution in [0.5, 0.6) is 0 Å². The van der Waals surface area contributed by atoms with E-state index < -0.39 is 17.9 Å². The van der Waals surface area contributed by atoms with Crippen LogP contribution in [-0.4, -0.2) is 22.2 Å². The van der Waals surface area contributed by atoms with Gasteiger partial charge >= 0.3 is 11.9 Å². The molecule has 4 nitrogen and oxygen atoms in total. The third-order valence-corrected chi connectivity index (χ3v) is 4.33. The first-order chi connectivity index (χ1) is 11.6. The van der Waals surface area contributed by atoms with Crippen LogP contribution in [-0.2, 0) is 9.59 Å². The fourth-order valence-corrected chi connectivity index (χ4v) is 2.78. The molecule has 0 rings (SSSR count). The van der Waals surface area contributed by atoms with Crippen LogP contribution in [0.1, 0.15) is 96.8 Å². The Hall–Kier alpha value is -1.32. The Morgan fingerprint density at radius 1 is 0.708 bits per heavy atom. The van der Waals surface area contributed by atoms with Gasteiger partial charge in [0.1, 0.15) is 0 Å². The highest BCUT2D eigenvalue weighted by Gasteiger charge is 2.21. The van der Waals surface area contributed by atoms with Crippen molar-refractivity contribution in [3.63, 3.8) is 0 Å². The molecule has 2 N–H and O–H groups in total. The average molecular weight is 341 g/mol. The van der Waals surface area contributed by atoms with Gasteiger partial charge in [-0.3, -0.25) is 9.59 Å². The van der Waals surface area contributed by atoms with E-state index in [2.05, 4.69) is 6.92 Å². The van der Waals surface area contributed by atoms with E-state index in [1.165, 1.54) is 76.7 Å². The lowest BCUT2D eigenvalue weighted by atomic mass is 10.0. The number of allylic oxidation sites excluding steroid dienone is 1. The fraction of sp³-hybridized carbons (Fsp3) is 0.800. The molecule has 4 heteroatoms. The first-order valence-electron chi connectivity index (χ1n) is 9.71. The molecule has 0 spiro atoms. The monoisotopic (exact) mass is 340 g/mol. The number of aliphatic carboxylic acids is 2. The summed E-state index contributed by atoms with van der Waals surface area (Å²) in [4.78, 5) is 21.4. The van der Waals surface area contributed by atoms with Crippen molar-refractivity contribution in [3.8, 4) is 0 Å². The first-order valence-corrected chi connectivity index (χ1v) is 9.71. The molecule has 0 amide bonds. The molecule has 140 valence electrons. The van der Waals surface area contributed by atoms with E-state index in [9.17, 15) is 9.59 Å². The van der Waals surface area contributed by atoms with Crippen LogP contribution in [0.4, 0.5) is 0 Å². The van der Waals surface area contributed by atoms with Gasteiger partial charge in [-0.25, -0.2) is 0 Å². The standard InChI is InChI=1S/C20H36O4/c1-2-3-4-5-6-7-8-9-10-11-12-13-14-15-16-17-18(19(21)22)20(23)24/h16-18H,2-15H2,1H3,(H,21,22)(H,23,24)/b17-16-. The van der Waals surface area contributed by atoms with Gasteiger partial charge in [0.2, 0.25) is 0 Å². The second kappa shape index (κ2) is 16.5. The summed E-state index contributed by atoms with van der Waals surface area (Å²) in [5.74, 6) is -4.01. The quantitative estimate of drug-likeness (QED) is 0.199. The second-order valence-electron chi connectivity index (χ2n) is 6.61. The zero-order chi connectivity index (χ0) is 18.0. The predicted molar refractivity (Wildman–Crippen MR) is 98.2 cm³/mol. The summed E-state index contributed by atoms with van der Waals surface area (Å²) in [6.07, 6.45) is 20.6. The molecule has 0 aromatic rings. The molecule has 0 atom stereocenters. The summed E-state index contributed by atoms with van der Waals surface area (Å²) in [7, 11) is 0. The van der Waals surface area contributed by atoms with Gasteiger partial charge < -0.3 is 10.2 Å². The maximum absolute atomic E-state index is 10.7. The van der Waals surface area contributed by atoms with Crippen LogP contribution >= 0.6 is 0 Å². The van der Waals surface area contributed by atoms with Crippen molar-refractivity contribution in [2.24, 2.45) is 5.92 Å². The van der Waals surface area contributed by atoms with Crippen molar-refractivity contribution in [1.82, 2.24) is 0 Å². The highest BCUT2D eigenvalue weighted by molar-refractivity contribution is 5.94. The normalized spacial score (nSPS) is 11.4. The van der Waals surface area contributed by atoms with E-state index >= 15 is 0 Å². The summed E-state index contributed by atoms with van der Waals surface area (Å²) in [5, 5.41) is 17.5. The molecule has 0 fully saturated rings. The Labute approximate surface area is 147 Å². The zero-order valence-electron chi connectivity index (χ0n) is 15.3. The molecule has 0 aliphatic heterocycles. The molecule has 0 saturated carbocycles. The third-order valence-electron chi connectivity index (χ3n) is 4.33. The van der Waals surface area contributed by atoms with Crippen LogP contribution in [0.3, 0.4) is 0 Å². The Morgan fingerprint density at radius 3 is 1.46 bits per heavy atom. The minimum absolute atomic E-state index is 0.759. The number of carbonyl (C=O) groups is 2. The van der Waals surface area contributed by atoms with Crippen molar-refractivity contribution in [1.29, 1.82) is 0 Å². The van der Waals surface area contributed by atoms with Crippen molar-refractivity contribution < 1.29 is 19.8 Å². The van der Waals surface area contributed by atoms with Gasteiger partial charge in [0.05, 0.1) is 0 Å². The summed E-state index contributed by atoms with van der Waals surface area (Å²) in [5.41, 5.74) is 0.